The first kappa shape index (κ1) is 23.8. The second kappa shape index (κ2) is 10.4. The lowest BCUT2D eigenvalue weighted by atomic mass is 9.89. The topological polar surface area (TPSA) is 40.2 Å². The van der Waals surface area contributed by atoms with Gasteiger partial charge in [0.15, 0.2) is 8.32 Å². The van der Waals surface area contributed by atoms with Crippen LogP contribution in [-0.4, -0.2) is 51.6 Å². The van der Waals surface area contributed by atoms with Gasteiger partial charge in [0, 0.05) is 24.1 Å². The third kappa shape index (κ3) is 7.74. The zero-order valence-corrected chi connectivity index (χ0v) is 20.6. The fourth-order valence-corrected chi connectivity index (χ4v) is 4.73. The molecule has 1 saturated heterocycles. The molecule has 1 aliphatic rings. The van der Waals surface area contributed by atoms with Gasteiger partial charge in [-0.1, -0.05) is 57.2 Å². The van der Waals surface area contributed by atoms with Crippen molar-refractivity contribution in [2.75, 3.05) is 24.9 Å². The van der Waals surface area contributed by atoms with Crippen LogP contribution in [0.3, 0.4) is 0 Å². The number of epoxide rings is 1. The van der Waals surface area contributed by atoms with Crippen molar-refractivity contribution < 1.29 is 18.6 Å². The molecule has 0 aromatic heterocycles. The van der Waals surface area contributed by atoms with E-state index in [9.17, 15) is 0 Å². The molecular formula is C19H39IO4Si. The SMILES string of the molecule is COCO[C@H]([C@H](C)CC[C@@H]1O[C@H]1CI)[C@H](C)CO[Si](C)(C)C(C)(C)C. The largest absolute Gasteiger partial charge is 0.416 e. The molecule has 150 valence electrons. The molecule has 1 rings (SSSR count). The van der Waals surface area contributed by atoms with Crippen molar-refractivity contribution in [2.45, 2.75) is 83.9 Å². The lowest BCUT2D eigenvalue weighted by molar-refractivity contribution is -0.114. The second-order valence-electron chi connectivity index (χ2n) is 9.01. The van der Waals surface area contributed by atoms with Gasteiger partial charge in [0.25, 0.3) is 0 Å². The van der Waals surface area contributed by atoms with E-state index in [0.29, 0.717) is 30.8 Å². The van der Waals surface area contributed by atoms with Crippen molar-refractivity contribution in [3.63, 3.8) is 0 Å². The van der Waals surface area contributed by atoms with Crippen molar-refractivity contribution in [3.05, 3.63) is 0 Å². The summed E-state index contributed by atoms with van der Waals surface area (Å²) in [4.78, 5) is 0. The summed E-state index contributed by atoms with van der Waals surface area (Å²) in [6.07, 6.45) is 3.34. The van der Waals surface area contributed by atoms with E-state index in [1.807, 2.05) is 0 Å². The minimum Gasteiger partial charge on any atom is -0.416 e. The van der Waals surface area contributed by atoms with Crippen LogP contribution in [0.15, 0.2) is 0 Å². The maximum Gasteiger partial charge on any atom is 0.191 e. The zero-order valence-electron chi connectivity index (χ0n) is 17.4. The van der Waals surface area contributed by atoms with Crippen LogP contribution >= 0.6 is 22.6 Å². The van der Waals surface area contributed by atoms with Crippen LogP contribution in [-0.2, 0) is 18.6 Å². The lowest BCUT2D eigenvalue weighted by Gasteiger charge is -2.38. The molecule has 0 aromatic rings. The first-order chi connectivity index (χ1) is 11.5. The van der Waals surface area contributed by atoms with Crippen LogP contribution in [0.1, 0.15) is 47.5 Å². The highest BCUT2D eigenvalue weighted by Gasteiger charge is 2.39. The van der Waals surface area contributed by atoms with Crippen LogP contribution in [0, 0.1) is 11.8 Å². The molecule has 0 radical (unpaired) electrons. The summed E-state index contributed by atoms with van der Waals surface area (Å²) in [5.41, 5.74) is 0. The third-order valence-corrected chi connectivity index (χ3v) is 11.1. The van der Waals surface area contributed by atoms with Crippen LogP contribution in [0.4, 0.5) is 0 Å². The molecule has 0 N–H and O–H groups in total. The molecule has 0 saturated carbocycles. The Morgan fingerprint density at radius 1 is 1.12 bits per heavy atom. The van der Waals surface area contributed by atoms with E-state index in [1.165, 1.54) is 0 Å². The Labute approximate surface area is 170 Å². The Morgan fingerprint density at radius 3 is 2.24 bits per heavy atom. The van der Waals surface area contributed by atoms with Gasteiger partial charge in [0.05, 0.1) is 18.3 Å². The van der Waals surface area contributed by atoms with Crippen LogP contribution in [0.5, 0.6) is 0 Å². The van der Waals surface area contributed by atoms with Crippen LogP contribution < -0.4 is 0 Å². The van der Waals surface area contributed by atoms with Crippen molar-refractivity contribution >= 4 is 30.9 Å². The van der Waals surface area contributed by atoms with Gasteiger partial charge in [0.1, 0.15) is 6.79 Å². The molecule has 5 atom stereocenters. The highest BCUT2D eigenvalue weighted by atomic mass is 127. The summed E-state index contributed by atoms with van der Waals surface area (Å²) < 4.78 is 24.4. The predicted octanol–water partition coefficient (Wildman–Crippen LogP) is 5.25. The average Bonchev–Trinajstić information content (AvgIpc) is 3.29. The quantitative estimate of drug-likeness (QED) is 0.124. The van der Waals surface area contributed by atoms with Gasteiger partial charge in [-0.3, -0.25) is 0 Å². The highest BCUT2D eigenvalue weighted by Crippen LogP contribution is 2.37. The Morgan fingerprint density at radius 2 is 1.76 bits per heavy atom. The standard InChI is InChI=1S/C19H39IO4Si/c1-14(9-10-16-17(11-20)24-16)18(22-13-21-6)15(2)12-23-25(7,8)19(3,4)5/h14-18H,9-13H2,1-8H3/t14-,15-,16+,17+,18-/m1/s1. The van der Waals surface area contributed by atoms with E-state index in [0.717, 1.165) is 23.9 Å². The van der Waals surface area contributed by atoms with E-state index in [1.54, 1.807) is 7.11 Å². The van der Waals surface area contributed by atoms with E-state index < -0.39 is 8.32 Å². The molecule has 1 heterocycles. The maximum atomic E-state index is 6.43. The Balaban J connectivity index is 2.54. The minimum absolute atomic E-state index is 0.154. The number of halogens is 1. The molecule has 0 amide bonds. The molecule has 0 spiro atoms. The number of rotatable bonds is 12. The molecule has 0 unspecified atom stereocenters. The second-order valence-corrected chi connectivity index (χ2v) is 14.7. The Hall–Kier alpha value is 0.787. The highest BCUT2D eigenvalue weighted by molar-refractivity contribution is 14.1. The molecule has 4 nitrogen and oxygen atoms in total. The third-order valence-electron chi connectivity index (χ3n) is 5.76. The number of alkyl halides is 1. The van der Waals surface area contributed by atoms with Gasteiger partial charge in [-0.05, 0) is 36.9 Å². The molecule has 0 aromatic carbocycles. The molecule has 0 aliphatic carbocycles. The lowest BCUT2D eigenvalue weighted by Crippen LogP contribution is -2.43. The van der Waals surface area contributed by atoms with E-state index in [-0.39, 0.29) is 11.1 Å². The molecule has 6 heteroatoms. The van der Waals surface area contributed by atoms with Gasteiger partial charge in [-0.2, -0.15) is 0 Å². The van der Waals surface area contributed by atoms with Gasteiger partial charge in [-0.15, -0.1) is 0 Å². The van der Waals surface area contributed by atoms with Crippen LogP contribution in [0.25, 0.3) is 0 Å². The number of hydrogen-bond acceptors (Lipinski definition) is 4. The molecule has 1 fully saturated rings. The van der Waals surface area contributed by atoms with Crippen molar-refractivity contribution in [1.82, 2.24) is 0 Å². The summed E-state index contributed by atoms with van der Waals surface area (Å²) in [7, 11) is -0.0455. The Kier molecular flexibility index (Phi) is 9.88. The van der Waals surface area contributed by atoms with Crippen molar-refractivity contribution in [3.8, 4) is 0 Å². The number of methoxy groups -OCH3 is 1. The van der Waals surface area contributed by atoms with E-state index in [2.05, 4.69) is 70.3 Å². The first-order valence-electron chi connectivity index (χ1n) is 9.49. The predicted molar refractivity (Wildman–Crippen MR) is 115 cm³/mol. The van der Waals surface area contributed by atoms with E-state index in [4.69, 9.17) is 18.6 Å². The van der Waals surface area contributed by atoms with Crippen LogP contribution in [0.2, 0.25) is 18.1 Å². The maximum absolute atomic E-state index is 6.43. The van der Waals surface area contributed by atoms with E-state index >= 15 is 0 Å². The van der Waals surface area contributed by atoms with Crippen molar-refractivity contribution in [2.24, 2.45) is 11.8 Å². The molecule has 0 bridgehead atoms. The van der Waals surface area contributed by atoms with Gasteiger partial charge < -0.3 is 18.6 Å². The molecule has 25 heavy (non-hydrogen) atoms. The fraction of sp³-hybridized carbons (Fsp3) is 1.00. The monoisotopic (exact) mass is 486 g/mol. The Bertz CT molecular complexity index is 386. The summed E-state index contributed by atoms with van der Waals surface area (Å²) in [5.74, 6) is 0.812. The summed E-state index contributed by atoms with van der Waals surface area (Å²) in [5, 5.41) is 0.235. The number of ether oxygens (including phenoxy) is 3. The average molecular weight is 487 g/mol. The van der Waals surface area contributed by atoms with Gasteiger partial charge >= 0.3 is 0 Å². The van der Waals surface area contributed by atoms with Gasteiger partial charge in [-0.25, -0.2) is 0 Å². The summed E-state index contributed by atoms with van der Waals surface area (Å²) in [6, 6.07) is 0. The molecule has 1 aliphatic heterocycles. The summed E-state index contributed by atoms with van der Waals surface area (Å²) in [6.45, 7) is 17.1. The molecular weight excluding hydrogens is 447 g/mol. The fourth-order valence-electron chi connectivity index (χ4n) is 2.85. The summed E-state index contributed by atoms with van der Waals surface area (Å²) >= 11 is 2.40. The van der Waals surface area contributed by atoms with Gasteiger partial charge in [0.2, 0.25) is 0 Å². The minimum atomic E-state index is -1.73. The zero-order chi connectivity index (χ0) is 19.3. The first-order valence-corrected chi connectivity index (χ1v) is 13.9. The smallest absolute Gasteiger partial charge is 0.191 e. The normalized spacial score (nSPS) is 24.8. The van der Waals surface area contributed by atoms with Crippen molar-refractivity contribution in [1.29, 1.82) is 0 Å². The number of hydrogen-bond donors (Lipinski definition) is 0.